The molecule has 0 N–H and O–H groups in total. The molecule has 0 radical (unpaired) electrons. The predicted octanol–water partition coefficient (Wildman–Crippen LogP) is 1.39. The van der Waals surface area contributed by atoms with E-state index < -0.39 is 0 Å². The van der Waals surface area contributed by atoms with Crippen LogP contribution in [-0.2, 0) is 6.54 Å². The number of nitriles is 1. The normalized spacial score (nSPS) is 16.1. The highest BCUT2D eigenvalue weighted by atomic mass is 16.1. The zero-order valence-corrected chi connectivity index (χ0v) is 10.9. The van der Waals surface area contributed by atoms with Crippen molar-refractivity contribution >= 4 is 5.69 Å². The molecule has 0 unspecified atom stereocenters. The second kappa shape index (κ2) is 4.81. The van der Waals surface area contributed by atoms with Crippen LogP contribution in [0.2, 0.25) is 0 Å². The largest absolute Gasteiger partial charge is 0.373 e. The lowest BCUT2D eigenvalue weighted by Crippen LogP contribution is -2.28. The van der Waals surface area contributed by atoms with E-state index in [4.69, 9.17) is 5.26 Å². The molecule has 1 aliphatic carbocycles. The van der Waals surface area contributed by atoms with Gasteiger partial charge in [0.2, 0.25) is 0 Å². The SMILES string of the molecule is CCN(C)c1cnn(CC2(CC#N)CC2)c(=O)c1. The summed E-state index contributed by atoms with van der Waals surface area (Å²) in [5, 5.41) is 13.0. The maximum absolute atomic E-state index is 12.0. The van der Waals surface area contributed by atoms with Crippen molar-refractivity contribution in [2.24, 2.45) is 5.41 Å². The lowest BCUT2D eigenvalue weighted by Gasteiger charge is -2.17. The number of anilines is 1. The van der Waals surface area contributed by atoms with Crippen LogP contribution in [0.15, 0.2) is 17.1 Å². The third-order valence-electron chi connectivity index (χ3n) is 3.67. The number of nitrogens with zero attached hydrogens (tertiary/aromatic N) is 4. The Balaban J connectivity index is 2.16. The van der Waals surface area contributed by atoms with Crippen LogP contribution >= 0.6 is 0 Å². The molecule has 1 saturated carbocycles. The fraction of sp³-hybridized carbons (Fsp3) is 0.615. The van der Waals surface area contributed by atoms with Gasteiger partial charge in [-0.3, -0.25) is 4.79 Å². The van der Waals surface area contributed by atoms with E-state index in [1.165, 1.54) is 4.68 Å². The van der Waals surface area contributed by atoms with E-state index in [2.05, 4.69) is 11.2 Å². The van der Waals surface area contributed by atoms with Gasteiger partial charge in [-0.1, -0.05) is 0 Å². The van der Waals surface area contributed by atoms with Crippen LogP contribution in [0.3, 0.4) is 0 Å². The monoisotopic (exact) mass is 246 g/mol. The van der Waals surface area contributed by atoms with Gasteiger partial charge in [0.05, 0.1) is 24.5 Å². The third-order valence-corrected chi connectivity index (χ3v) is 3.67. The molecule has 0 aliphatic heterocycles. The second-order valence-corrected chi connectivity index (χ2v) is 5.06. The summed E-state index contributed by atoms with van der Waals surface area (Å²) in [5.74, 6) is 0. The van der Waals surface area contributed by atoms with Gasteiger partial charge in [0.15, 0.2) is 0 Å². The molecule has 1 fully saturated rings. The molecule has 1 aliphatic rings. The Morgan fingerprint density at radius 1 is 1.61 bits per heavy atom. The van der Waals surface area contributed by atoms with Gasteiger partial charge in [-0.15, -0.1) is 0 Å². The van der Waals surface area contributed by atoms with Gasteiger partial charge in [0, 0.05) is 31.5 Å². The Bertz CT molecular complexity index is 525. The summed E-state index contributed by atoms with van der Waals surface area (Å²) in [6.45, 7) is 3.43. The second-order valence-electron chi connectivity index (χ2n) is 5.06. The highest BCUT2D eigenvalue weighted by Crippen LogP contribution is 2.49. The minimum absolute atomic E-state index is 0.00372. The summed E-state index contributed by atoms with van der Waals surface area (Å²) in [6.07, 6.45) is 4.27. The van der Waals surface area contributed by atoms with E-state index in [0.29, 0.717) is 13.0 Å². The van der Waals surface area contributed by atoms with Crippen LogP contribution in [-0.4, -0.2) is 23.4 Å². The molecule has 5 heteroatoms. The van der Waals surface area contributed by atoms with E-state index >= 15 is 0 Å². The minimum Gasteiger partial charge on any atom is -0.373 e. The smallest absolute Gasteiger partial charge is 0.268 e. The fourth-order valence-electron chi connectivity index (χ4n) is 1.99. The molecule has 0 amide bonds. The van der Waals surface area contributed by atoms with Crippen molar-refractivity contribution in [1.82, 2.24) is 9.78 Å². The van der Waals surface area contributed by atoms with Crippen LogP contribution in [0.4, 0.5) is 5.69 Å². The maximum Gasteiger partial charge on any atom is 0.268 e. The first-order chi connectivity index (χ1) is 8.60. The summed E-state index contributed by atoms with van der Waals surface area (Å²) >= 11 is 0. The highest BCUT2D eigenvalue weighted by molar-refractivity contribution is 5.41. The van der Waals surface area contributed by atoms with Gasteiger partial charge in [-0.25, -0.2) is 4.68 Å². The van der Waals surface area contributed by atoms with Gasteiger partial charge in [-0.2, -0.15) is 10.4 Å². The van der Waals surface area contributed by atoms with Crippen LogP contribution in [0.25, 0.3) is 0 Å². The van der Waals surface area contributed by atoms with Gasteiger partial charge in [0.1, 0.15) is 0 Å². The topological polar surface area (TPSA) is 61.9 Å². The fourth-order valence-corrected chi connectivity index (χ4v) is 1.99. The predicted molar refractivity (Wildman–Crippen MR) is 69.3 cm³/mol. The molecule has 0 saturated heterocycles. The van der Waals surface area contributed by atoms with E-state index in [9.17, 15) is 4.79 Å². The molecule has 0 spiro atoms. The van der Waals surface area contributed by atoms with Crippen molar-refractivity contribution in [3.63, 3.8) is 0 Å². The van der Waals surface area contributed by atoms with Crippen molar-refractivity contribution in [3.8, 4) is 6.07 Å². The summed E-state index contributed by atoms with van der Waals surface area (Å²) < 4.78 is 1.48. The summed E-state index contributed by atoms with van der Waals surface area (Å²) in [7, 11) is 1.93. The van der Waals surface area contributed by atoms with Crippen LogP contribution in [0, 0.1) is 16.7 Å². The van der Waals surface area contributed by atoms with Crippen LogP contribution in [0.5, 0.6) is 0 Å². The van der Waals surface area contributed by atoms with Gasteiger partial charge < -0.3 is 4.90 Å². The van der Waals surface area contributed by atoms with Crippen molar-refractivity contribution in [1.29, 1.82) is 5.26 Å². The van der Waals surface area contributed by atoms with E-state index in [-0.39, 0.29) is 11.0 Å². The molecule has 0 atom stereocenters. The zero-order valence-electron chi connectivity index (χ0n) is 10.9. The van der Waals surface area contributed by atoms with Crippen molar-refractivity contribution < 1.29 is 0 Å². The minimum atomic E-state index is -0.0861. The lowest BCUT2D eigenvalue weighted by molar-refractivity contribution is 0.391. The molecular formula is C13H18N4O. The van der Waals surface area contributed by atoms with E-state index in [1.807, 2.05) is 18.9 Å². The molecule has 18 heavy (non-hydrogen) atoms. The standard InChI is InChI=1S/C13H18N4O/c1-3-16(2)11-8-12(18)17(15-9-11)10-13(4-5-13)6-7-14/h8-9H,3-6,10H2,1-2H3. The first kappa shape index (κ1) is 12.6. The van der Waals surface area contributed by atoms with Crippen LogP contribution < -0.4 is 10.5 Å². The molecule has 5 nitrogen and oxygen atoms in total. The number of rotatable bonds is 5. The number of hydrogen-bond donors (Lipinski definition) is 0. The number of hydrogen-bond acceptors (Lipinski definition) is 4. The van der Waals surface area contributed by atoms with Crippen molar-refractivity contribution in [2.45, 2.75) is 32.7 Å². The summed E-state index contributed by atoms with van der Waals surface area (Å²) in [4.78, 5) is 13.9. The average molecular weight is 246 g/mol. The summed E-state index contributed by atoms with van der Waals surface area (Å²) in [6, 6.07) is 3.81. The quantitative estimate of drug-likeness (QED) is 0.787. The van der Waals surface area contributed by atoms with Crippen LogP contribution in [0.1, 0.15) is 26.2 Å². The first-order valence-corrected chi connectivity index (χ1v) is 6.25. The van der Waals surface area contributed by atoms with Gasteiger partial charge in [0.25, 0.3) is 5.56 Å². The van der Waals surface area contributed by atoms with Gasteiger partial charge >= 0.3 is 0 Å². The van der Waals surface area contributed by atoms with Gasteiger partial charge in [-0.05, 0) is 19.8 Å². The molecular weight excluding hydrogens is 228 g/mol. The Morgan fingerprint density at radius 2 is 2.33 bits per heavy atom. The third kappa shape index (κ3) is 2.53. The molecule has 0 bridgehead atoms. The average Bonchev–Trinajstić information content (AvgIpc) is 3.11. The van der Waals surface area contributed by atoms with Crippen molar-refractivity contribution in [3.05, 3.63) is 22.6 Å². The maximum atomic E-state index is 12.0. The molecule has 1 aromatic rings. The first-order valence-electron chi connectivity index (χ1n) is 6.25. The Kier molecular flexibility index (Phi) is 3.37. The molecule has 2 rings (SSSR count). The molecule has 96 valence electrons. The Morgan fingerprint density at radius 3 is 2.83 bits per heavy atom. The molecule has 1 heterocycles. The molecule has 0 aromatic carbocycles. The van der Waals surface area contributed by atoms with E-state index in [0.717, 1.165) is 25.1 Å². The summed E-state index contributed by atoms with van der Waals surface area (Å²) in [5.41, 5.74) is 0.755. The zero-order chi connectivity index (χ0) is 13.2. The highest BCUT2D eigenvalue weighted by Gasteiger charge is 2.43. The number of aromatic nitrogens is 2. The van der Waals surface area contributed by atoms with E-state index in [1.54, 1.807) is 12.3 Å². The lowest BCUT2D eigenvalue weighted by atomic mass is 10.0. The Labute approximate surface area is 107 Å². The molecule has 1 aromatic heterocycles. The Hall–Kier alpha value is -1.83. The van der Waals surface area contributed by atoms with Crippen molar-refractivity contribution in [2.75, 3.05) is 18.5 Å².